The smallest absolute Gasteiger partial charge is 0.282 e. The summed E-state index contributed by atoms with van der Waals surface area (Å²) in [5, 5.41) is 34.8. The average Bonchev–Trinajstić information content (AvgIpc) is 1.65. The number of nitrogens with two attached hydrogens (primary N) is 2. The number of nitrogens with zero attached hydrogens (tertiary/aromatic N) is 17. The van der Waals surface area contributed by atoms with Crippen LogP contribution in [0.2, 0.25) is 0 Å². The SMILES string of the molecule is CC(=O)Cc1cccc(Nc2ncc3c(n2)-c2nc(C(=O)N4CCNCC4)sc2CC3)c1.CC(=O)N1CCN(C(=O)c2nc3c(s2)CCc2cnc(Nc4cccc(S(N)(=O)=O)c4)nc2-3)CC1.Cc1cc(C)cc(Nc2ncc3c(n2)-c2nc(C(=O)N4CCNCC4)sc2CC3)c1.NS(=O)(=O)c1cccc(Nc2ncc3c(n2)-c2nc(C(=O)N4CCNCC4)sc2CC3)c1. The van der Waals surface area contributed by atoms with E-state index in [1.165, 1.54) is 87.7 Å². The maximum atomic E-state index is 13.1. The fraction of sp³-hybridized carbons (Fsp3) is 0.333. The molecule has 129 heavy (non-hydrogen) atoms. The molecule has 0 unspecified atom stereocenters. The predicted molar refractivity (Wildman–Crippen MR) is 492 cm³/mol. The number of fused-ring (bicyclic) bond motifs is 12. The molecule has 42 heteroatoms. The molecule has 12 heterocycles. The summed E-state index contributed by atoms with van der Waals surface area (Å²) < 4.78 is 46.5. The number of carbonyl (C=O) groups excluding carboxylic acids is 6. The van der Waals surface area contributed by atoms with E-state index < -0.39 is 20.0 Å². The van der Waals surface area contributed by atoms with E-state index in [1.807, 2.05) is 51.4 Å². The van der Waals surface area contributed by atoms with Crippen LogP contribution in [0.4, 0.5) is 46.5 Å². The van der Waals surface area contributed by atoms with Gasteiger partial charge in [0.25, 0.3) is 23.6 Å². The minimum absolute atomic E-state index is 0.00156. The van der Waals surface area contributed by atoms with Crippen LogP contribution in [0.15, 0.2) is 126 Å². The molecule has 8 aliphatic rings. The quantitative estimate of drug-likeness (QED) is 0.0439. The van der Waals surface area contributed by atoms with Crippen molar-refractivity contribution >= 4 is 147 Å². The van der Waals surface area contributed by atoms with Crippen LogP contribution in [0.5, 0.6) is 0 Å². The van der Waals surface area contributed by atoms with E-state index >= 15 is 0 Å². The molecular formula is C87H92N26O10S6. The largest absolute Gasteiger partial charge is 0.339 e. The Balaban J connectivity index is 0.000000121. The minimum Gasteiger partial charge on any atom is -0.339 e. The molecule has 4 saturated heterocycles. The summed E-state index contributed by atoms with van der Waals surface area (Å²) in [7, 11) is -7.65. The number of nitrogens with one attached hydrogen (secondary N) is 7. The van der Waals surface area contributed by atoms with Crippen LogP contribution in [0.25, 0.3) is 45.6 Å². The zero-order valence-corrected chi connectivity index (χ0v) is 75.8. The van der Waals surface area contributed by atoms with E-state index in [9.17, 15) is 45.6 Å². The van der Waals surface area contributed by atoms with E-state index in [-0.39, 0.29) is 51.1 Å². The number of anilines is 8. The first kappa shape index (κ1) is 88.7. The monoisotopic (exact) mass is 1850 g/mol. The van der Waals surface area contributed by atoms with E-state index in [1.54, 1.807) is 53.4 Å². The summed E-state index contributed by atoms with van der Waals surface area (Å²) in [6, 6.07) is 26.2. The van der Waals surface area contributed by atoms with Gasteiger partial charge in [0, 0.05) is 185 Å². The van der Waals surface area contributed by atoms with E-state index in [4.69, 9.17) is 30.2 Å². The van der Waals surface area contributed by atoms with Crippen LogP contribution in [-0.2, 0) is 87.4 Å². The van der Waals surface area contributed by atoms with Gasteiger partial charge in [-0.2, -0.15) is 0 Å². The first-order valence-electron chi connectivity index (χ1n) is 42.2. The zero-order valence-electron chi connectivity index (χ0n) is 70.9. The lowest BCUT2D eigenvalue weighted by Gasteiger charge is -2.33. The molecule has 20 rings (SSSR count). The third kappa shape index (κ3) is 20.8. The van der Waals surface area contributed by atoms with Gasteiger partial charge in [0.1, 0.15) is 28.6 Å². The second-order valence-corrected chi connectivity index (χ2v) is 39.4. The Hall–Kier alpha value is -12.4. The molecule has 0 radical (unpaired) electrons. The highest BCUT2D eigenvalue weighted by Crippen LogP contribution is 2.42. The average molecular weight is 1850 g/mol. The van der Waals surface area contributed by atoms with Gasteiger partial charge in [-0.25, -0.2) is 86.9 Å². The molecule has 36 nitrogen and oxygen atoms in total. The number of sulfonamides is 2. The van der Waals surface area contributed by atoms with Gasteiger partial charge in [-0.1, -0.05) is 30.3 Å². The third-order valence-electron chi connectivity index (χ3n) is 22.5. The van der Waals surface area contributed by atoms with Crippen LogP contribution in [-0.4, -0.2) is 241 Å². The van der Waals surface area contributed by atoms with Crippen LogP contribution in [0.3, 0.4) is 0 Å². The molecule has 0 spiro atoms. The fourth-order valence-corrected chi connectivity index (χ4v) is 21.3. The third-order valence-corrected chi connectivity index (χ3v) is 28.8. The molecule has 4 aliphatic carbocycles. The Kier molecular flexibility index (Phi) is 26.5. The fourth-order valence-electron chi connectivity index (χ4n) is 16.1. The molecule has 4 aliphatic heterocycles. The van der Waals surface area contributed by atoms with Crippen molar-refractivity contribution in [1.29, 1.82) is 0 Å². The topological polar surface area (TPSA) is 478 Å². The van der Waals surface area contributed by atoms with Crippen LogP contribution in [0.1, 0.15) is 112 Å². The molecule has 4 fully saturated rings. The number of Topliss-reactive ketones (excluding diaryl/α,β-unsaturated/α-hetero) is 1. The zero-order chi connectivity index (χ0) is 89.8. The Bertz CT molecular complexity index is 6570. The molecule has 0 bridgehead atoms. The van der Waals surface area contributed by atoms with E-state index in [0.717, 1.165) is 191 Å². The highest BCUT2D eigenvalue weighted by atomic mass is 32.2. The Morgan fingerprint density at radius 1 is 0.357 bits per heavy atom. The number of aryl methyl sites for hydroxylation is 10. The van der Waals surface area contributed by atoms with Gasteiger partial charge in [0.15, 0.2) is 20.0 Å². The maximum absolute atomic E-state index is 13.1. The summed E-state index contributed by atoms with van der Waals surface area (Å²) in [4.78, 5) is 143. The number of carbonyl (C=O) groups is 6. The summed E-state index contributed by atoms with van der Waals surface area (Å²) >= 11 is 5.80. The van der Waals surface area contributed by atoms with Crippen molar-refractivity contribution in [3.63, 3.8) is 0 Å². The van der Waals surface area contributed by atoms with Gasteiger partial charge >= 0.3 is 0 Å². The van der Waals surface area contributed by atoms with Crippen molar-refractivity contribution in [2.24, 2.45) is 10.3 Å². The predicted octanol–water partition coefficient (Wildman–Crippen LogP) is 8.25. The van der Waals surface area contributed by atoms with E-state index in [2.05, 4.69) is 109 Å². The van der Waals surface area contributed by atoms with Crippen LogP contribution >= 0.6 is 45.3 Å². The van der Waals surface area contributed by atoms with Crippen LogP contribution < -0.4 is 47.5 Å². The molecule has 666 valence electrons. The first-order chi connectivity index (χ1) is 62.2. The lowest BCUT2D eigenvalue weighted by atomic mass is 10.00. The lowest BCUT2D eigenvalue weighted by Crippen LogP contribution is -2.50. The van der Waals surface area contributed by atoms with Crippen molar-refractivity contribution in [3.8, 4) is 45.6 Å². The number of benzene rings is 4. The summed E-state index contributed by atoms with van der Waals surface area (Å²) in [5.41, 5.74) is 16.1. The van der Waals surface area contributed by atoms with Crippen molar-refractivity contribution < 1.29 is 45.6 Å². The second-order valence-electron chi connectivity index (χ2n) is 32.0. The highest BCUT2D eigenvalue weighted by molar-refractivity contribution is 7.89. The van der Waals surface area contributed by atoms with Crippen molar-refractivity contribution in [2.45, 2.75) is 95.3 Å². The lowest BCUT2D eigenvalue weighted by molar-refractivity contribution is -0.130. The molecule has 4 aromatic carbocycles. The number of aromatic nitrogens is 12. The Morgan fingerprint density at radius 2 is 0.651 bits per heavy atom. The minimum atomic E-state index is -3.84. The van der Waals surface area contributed by atoms with Crippen LogP contribution in [0, 0.1) is 13.8 Å². The molecule has 0 atom stereocenters. The normalized spacial score (nSPS) is 15.4. The standard InChI is InChI=1S/C23H24N6O2S.C22H23N7O4S2.C22H24N6OS.C20H21N7O3S2/c1-14(30)11-15-3-2-4-17(12-15)26-23-25-13-16-5-6-18-20(19(16)28-23)27-21(32-18)22(31)29-9-7-24-8-10-29;1-13(30)28-7-9-29(10-8-28)21(31)20-26-19-17(34-20)6-5-14-12-24-22(27-18(14)19)25-15-3-2-4-16(11-15)35(23,32)33;1-13-9-14(2)11-16(10-13)25-22-24-12-15-3-4-17-19(18(15)27-22)26-20(30-17)21(29)28-7-5-23-6-8-28;21-32(29,30)14-3-1-2-13(10-14)24-20-23-11-12-4-5-15-17(16(12)26-20)25-18(31-15)19(28)27-8-6-22-7-9-27/h2-4,12-13,24H,5-11H2,1H3,(H,25,26,28);2-4,11-12H,5-10H2,1H3,(H2,23,32,33)(H,24,25,27);9-12,23H,3-8H2,1-2H3,(H,24,25,27);1-3,10-11,22H,4-9H2,(H2,21,29,30)(H,23,24,26). The Labute approximate surface area is 759 Å². The van der Waals surface area contributed by atoms with Crippen molar-refractivity contribution in [1.82, 2.24) is 100 Å². The van der Waals surface area contributed by atoms with Gasteiger partial charge in [-0.05, 0) is 172 Å². The molecule has 5 amide bonds. The van der Waals surface area contributed by atoms with E-state index in [0.29, 0.717) is 125 Å². The number of hydrogen-bond acceptors (Lipinski definition) is 33. The summed E-state index contributed by atoms with van der Waals surface area (Å²) in [6.45, 7) is 18.3. The number of ketones is 1. The Morgan fingerprint density at radius 3 is 0.961 bits per heavy atom. The van der Waals surface area contributed by atoms with Crippen molar-refractivity contribution in [2.75, 3.05) is 126 Å². The summed E-state index contributed by atoms with van der Waals surface area (Å²) in [5.74, 6) is 1.60. The van der Waals surface area contributed by atoms with Gasteiger partial charge in [0.05, 0.1) is 32.6 Å². The second kappa shape index (κ2) is 38.5. The number of piperazine rings is 4. The molecule has 0 saturated carbocycles. The van der Waals surface area contributed by atoms with Crippen molar-refractivity contribution in [3.05, 3.63) is 194 Å². The molecule has 11 N–H and O–H groups in total. The number of amides is 5. The summed E-state index contributed by atoms with van der Waals surface area (Å²) in [6.07, 6.45) is 14.1. The molecular weight excluding hydrogens is 1760 g/mol. The van der Waals surface area contributed by atoms with Gasteiger partial charge < -0.3 is 61.7 Å². The number of primary sulfonamides is 2. The van der Waals surface area contributed by atoms with Gasteiger partial charge in [0.2, 0.25) is 49.7 Å². The van der Waals surface area contributed by atoms with Gasteiger partial charge in [-0.15, -0.1) is 45.3 Å². The highest BCUT2D eigenvalue weighted by Gasteiger charge is 2.35. The van der Waals surface area contributed by atoms with Gasteiger partial charge in [-0.3, -0.25) is 28.8 Å². The molecule has 8 aromatic heterocycles. The maximum Gasteiger partial charge on any atom is 0.282 e. The number of rotatable bonds is 16. The number of hydrogen-bond donors (Lipinski definition) is 9. The number of thiazole rings is 4. The first-order valence-corrected chi connectivity index (χ1v) is 48.6. The molecule has 12 aromatic rings.